The Morgan fingerprint density at radius 1 is 1.38 bits per heavy atom. The van der Waals surface area contributed by atoms with Crippen LogP contribution in [0.5, 0.6) is 5.75 Å². The highest BCUT2D eigenvalue weighted by atomic mass is 79.9. The molecule has 0 unspecified atom stereocenters. The smallest absolute Gasteiger partial charge is 0.119 e. The van der Waals surface area contributed by atoms with E-state index in [0.29, 0.717) is 12.6 Å². The van der Waals surface area contributed by atoms with Gasteiger partial charge in [-0.1, -0.05) is 36.4 Å². The summed E-state index contributed by atoms with van der Waals surface area (Å²) in [5, 5.41) is 3.30. The number of benzene rings is 1. The van der Waals surface area contributed by atoms with Crippen molar-refractivity contribution in [2.24, 2.45) is 0 Å². The maximum atomic E-state index is 5.59. The molecule has 88 valence electrons. The summed E-state index contributed by atoms with van der Waals surface area (Å²) in [6, 6.07) is 8.28. The predicted octanol–water partition coefficient (Wildman–Crippen LogP) is 3.38. The highest BCUT2D eigenvalue weighted by Crippen LogP contribution is 2.16. The van der Waals surface area contributed by atoms with Gasteiger partial charge in [0, 0.05) is 17.1 Å². The summed E-state index contributed by atoms with van der Waals surface area (Å²) in [6.07, 6.45) is 0. The Hall–Kier alpha value is -0.800. The second-order valence-corrected chi connectivity index (χ2v) is 4.94. The minimum Gasteiger partial charge on any atom is -0.489 e. The average molecular weight is 284 g/mol. The molecule has 0 saturated heterocycles. The molecule has 0 amide bonds. The van der Waals surface area contributed by atoms with Crippen LogP contribution in [-0.4, -0.2) is 19.2 Å². The summed E-state index contributed by atoms with van der Waals surface area (Å²) in [7, 11) is 0. The zero-order valence-electron chi connectivity index (χ0n) is 9.79. The molecule has 1 aromatic rings. The molecule has 16 heavy (non-hydrogen) atoms. The van der Waals surface area contributed by atoms with Crippen LogP contribution in [0.2, 0.25) is 0 Å². The highest BCUT2D eigenvalue weighted by molar-refractivity contribution is 9.10. The van der Waals surface area contributed by atoms with Crippen molar-refractivity contribution >= 4 is 15.9 Å². The lowest BCUT2D eigenvalue weighted by molar-refractivity contribution is 0.347. The summed E-state index contributed by atoms with van der Waals surface area (Å²) >= 11 is 3.38. The third-order valence-corrected chi connectivity index (χ3v) is 2.55. The Morgan fingerprint density at radius 3 is 2.56 bits per heavy atom. The first-order valence-electron chi connectivity index (χ1n) is 5.36. The zero-order valence-corrected chi connectivity index (χ0v) is 11.4. The van der Waals surface area contributed by atoms with Gasteiger partial charge >= 0.3 is 0 Å². The summed E-state index contributed by atoms with van der Waals surface area (Å²) in [5.41, 5.74) is 1.05. The maximum absolute atomic E-state index is 5.59. The number of nitrogens with one attached hydrogen (secondary N) is 1. The minimum absolute atomic E-state index is 0.476. The fourth-order valence-corrected chi connectivity index (χ4v) is 1.38. The van der Waals surface area contributed by atoms with Crippen LogP contribution in [0.4, 0.5) is 0 Å². The molecule has 0 fully saturated rings. The van der Waals surface area contributed by atoms with Crippen LogP contribution in [0.25, 0.3) is 0 Å². The normalized spacial score (nSPS) is 10.5. The van der Waals surface area contributed by atoms with Crippen LogP contribution >= 0.6 is 15.9 Å². The molecule has 0 heterocycles. The monoisotopic (exact) mass is 283 g/mol. The van der Waals surface area contributed by atoms with Crippen molar-refractivity contribution in [2.45, 2.75) is 19.9 Å². The van der Waals surface area contributed by atoms with Crippen molar-refractivity contribution in [1.29, 1.82) is 0 Å². The van der Waals surface area contributed by atoms with E-state index in [4.69, 9.17) is 4.74 Å². The first-order valence-corrected chi connectivity index (χ1v) is 6.15. The molecule has 2 nitrogen and oxygen atoms in total. The molecule has 0 aromatic heterocycles. The van der Waals surface area contributed by atoms with E-state index in [1.807, 2.05) is 24.3 Å². The molecular weight excluding hydrogens is 266 g/mol. The van der Waals surface area contributed by atoms with Gasteiger partial charge in [-0.3, -0.25) is 0 Å². The van der Waals surface area contributed by atoms with Gasteiger partial charge in [0.25, 0.3) is 0 Å². The van der Waals surface area contributed by atoms with E-state index in [2.05, 4.69) is 41.7 Å². The summed E-state index contributed by atoms with van der Waals surface area (Å²) in [5.74, 6) is 0.869. The standard InChI is InChI=1S/C13H18BrNO/c1-10(2)15-8-11(3)9-16-13-6-4-12(14)5-7-13/h4-7,10,15H,3,8-9H2,1-2H3. The van der Waals surface area contributed by atoms with Crippen molar-refractivity contribution in [3.05, 3.63) is 40.9 Å². The quantitative estimate of drug-likeness (QED) is 0.809. The molecule has 0 aliphatic rings. The Balaban J connectivity index is 2.29. The highest BCUT2D eigenvalue weighted by Gasteiger charge is 1.98. The van der Waals surface area contributed by atoms with Crippen molar-refractivity contribution < 1.29 is 4.74 Å². The van der Waals surface area contributed by atoms with Crippen molar-refractivity contribution in [3.63, 3.8) is 0 Å². The third kappa shape index (κ3) is 5.33. The van der Waals surface area contributed by atoms with Crippen LogP contribution in [0.15, 0.2) is 40.9 Å². The van der Waals surface area contributed by atoms with Gasteiger partial charge in [0.15, 0.2) is 0 Å². The second kappa shape index (κ2) is 6.71. The molecule has 0 saturated carbocycles. The number of halogens is 1. The van der Waals surface area contributed by atoms with Crippen LogP contribution in [0.1, 0.15) is 13.8 Å². The van der Waals surface area contributed by atoms with E-state index in [0.717, 1.165) is 22.3 Å². The fourth-order valence-electron chi connectivity index (χ4n) is 1.12. The largest absolute Gasteiger partial charge is 0.489 e. The molecule has 1 N–H and O–H groups in total. The Bertz CT molecular complexity index is 332. The third-order valence-electron chi connectivity index (χ3n) is 2.02. The Kier molecular flexibility index (Phi) is 5.56. The van der Waals surface area contributed by atoms with E-state index in [1.54, 1.807) is 0 Å². The number of hydrogen-bond donors (Lipinski definition) is 1. The van der Waals surface area contributed by atoms with E-state index in [-0.39, 0.29) is 0 Å². The summed E-state index contributed by atoms with van der Waals surface area (Å²) in [6.45, 7) is 9.55. The molecule has 0 bridgehead atoms. The topological polar surface area (TPSA) is 21.3 Å². The van der Waals surface area contributed by atoms with Gasteiger partial charge in [-0.25, -0.2) is 0 Å². The molecule has 1 rings (SSSR count). The van der Waals surface area contributed by atoms with Gasteiger partial charge in [0.05, 0.1) is 0 Å². The lowest BCUT2D eigenvalue weighted by Crippen LogP contribution is -2.26. The van der Waals surface area contributed by atoms with E-state index >= 15 is 0 Å². The van der Waals surface area contributed by atoms with Crippen LogP contribution in [0, 0.1) is 0 Å². The zero-order chi connectivity index (χ0) is 12.0. The average Bonchev–Trinajstić information content (AvgIpc) is 2.25. The van der Waals surface area contributed by atoms with Crippen LogP contribution < -0.4 is 10.1 Å². The van der Waals surface area contributed by atoms with Gasteiger partial charge < -0.3 is 10.1 Å². The lowest BCUT2D eigenvalue weighted by atomic mass is 10.3. The van der Waals surface area contributed by atoms with E-state index in [9.17, 15) is 0 Å². The SMILES string of the molecule is C=C(CNC(C)C)COc1ccc(Br)cc1. The maximum Gasteiger partial charge on any atom is 0.119 e. The lowest BCUT2D eigenvalue weighted by Gasteiger charge is -2.11. The molecule has 1 aromatic carbocycles. The van der Waals surface area contributed by atoms with Crippen molar-refractivity contribution in [3.8, 4) is 5.75 Å². The summed E-state index contributed by atoms with van der Waals surface area (Å²) in [4.78, 5) is 0. The van der Waals surface area contributed by atoms with E-state index in [1.165, 1.54) is 0 Å². The van der Waals surface area contributed by atoms with Crippen LogP contribution in [0.3, 0.4) is 0 Å². The number of hydrogen-bond acceptors (Lipinski definition) is 2. The molecule has 0 atom stereocenters. The van der Waals surface area contributed by atoms with Crippen molar-refractivity contribution in [2.75, 3.05) is 13.2 Å². The van der Waals surface area contributed by atoms with Gasteiger partial charge in [0.1, 0.15) is 12.4 Å². The van der Waals surface area contributed by atoms with E-state index < -0.39 is 0 Å². The molecule has 0 aliphatic carbocycles. The predicted molar refractivity (Wildman–Crippen MR) is 71.9 cm³/mol. The Morgan fingerprint density at radius 2 is 2.00 bits per heavy atom. The Labute approximate surface area is 106 Å². The summed E-state index contributed by atoms with van der Waals surface area (Å²) < 4.78 is 6.65. The van der Waals surface area contributed by atoms with Gasteiger partial charge in [0.2, 0.25) is 0 Å². The van der Waals surface area contributed by atoms with Gasteiger partial charge in [-0.15, -0.1) is 0 Å². The second-order valence-electron chi connectivity index (χ2n) is 4.03. The van der Waals surface area contributed by atoms with Gasteiger partial charge in [-0.2, -0.15) is 0 Å². The van der Waals surface area contributed by atoms with Crippen molar-refractivity contribution in [1.82, 2.24) is 5.32 Å². The first kappa shape index (κ1) is 13.3. The number of ether oxygens (including phenoxy) is 1. The molecule has 0 aliphatic heterocycles. The molecule has 0 radical (unpaired) electrons. The minimum atomic E-state index is 0.476. The number of rotatable bonds is 6. The molecule has 3 heteroatoms. The van der Waals surface area contributed by atoms with Crippen LogP contribution in [-0.2, 0) is 0 Å². The van der Waals surface area contributed by atoms with Gasteiger partial charge in [-0.05, 0) is 29.8 Å². The molecule has 0 spiro atoms. The fraction of sp³-hybridized carbons (Fsp3) is 0.385. The first-order chi connectivity index (χ1) is 7.58. The molecular formula is C13H18BrNO.